The molecule has 5 rings (SSSR count). The van der Waals surface area contributed by atoms with E-state index < -0.39 is 8.07 Å². The second kappa shape index (κ2) is 12.5. The lowest BCUT2D eigenvalue weighted by molar-refractivity contribution is 0.861. The van der Waals surface area contributed by atoms with Crippen molar-refractivity contribution in [3.05, 3.63) is 165 Å². The Morgan fingerprint density at radius 3 is 1.47 bits per heavy atom. The SMILES string of the molecule is C=CB(c1ccccc1)c1ccccc1.C=C[Si](Cn1ccnc1)(c1ccccc1)c1ccccc1. The molecule has 0 spiro atoms. The molecule has 0 aliphatic carbocycles. The molecule has 2 nitrogen and oxygen atoms in total. The molecular weight excluding hydrogens is 451 g/mol. The Labute approximate surface area is 216 Å². The zero-order valence-corrected chi connectivity index (χ0v) is 21.5. The molecule has 0 aliphatic heterocycles. The summed E-state index contributed by atoms with van der Waals surface area (Å²) in [5.74, 6) is 1.99. The molecule has 1 aromatic heterocycles. The van der Waals surface area contributed by atoms with E-state index in [1.54, 1.807) is 0 Å². The van der Waals surface area contributed by atoms with Gasteiger partial charge in [-0.15, -0.1) is 19.1 Å². The van der Waals surface area contributed by atoms with Gasteiger partial charge in [0.05, 0.1) is 6.33 Å². The van der Waals surface area contributed by atoms with Crippen LogP contribution in [0.4, 0.5) is 0 Å². The monoisotopic (exact) mass is 482 g/mol. The van der Waals surface area contributed by atoms with Crippen LogP contribution >= 0.6 is 0 Å². The van der Waals surface area contributed by atoms with Crippen LogP contribution in [0.15, 0.2) is 165 Å². The molecule has 4 heteroatoms. The highest BCUT2D eigenvalue weighted by Crippen LogP contribution is 2.10. The molecule has 0 radical (unpaired) electrons. The summed E-state index contributed by atoms with van der Waals surface area (Å²) in [5.41, 5.74) is 4.76. The van der Waals surface area contributed by atoms with Gasteiger partial charge in [0.1, 0.15) is 0 Å². The molecule has 0 saturated carbocycles. The number of benzene rings is 4. The van der Waals surface area contributed by atoms with E-state index in [9.17, 15) is 0 Å². The third-order valence-corrected chi connectivity index (χ3v) is 10.8. The summed E-state index contributed by atoms with van der Waals surface area (Å²) in [6.07, 6.45) is 6.66. The van der Waals surface area contributed by atoms with Crippen molar-refractivity contribution in [1.82, 2.24) is 9.55 Å². The number of imidazole rings is 1. The van der Waals surface area contributed by atoms with Gasteiger partial charge in [-0.1, -0.05) is 138 Å². The first-order valence-electron chi connectivity index (χ1n) is 12.2. The fourth-order valence-electron chi connectivity index (χ4n) is 4.57. The third kappa shape index (κ3) is 5.91. The molecule has 4 aromatic carbocycles. The van der Waals surface area contributed by atoms with Crippen LogP contribution in [-0.2, 0) is 6.17 Å². The molecule has 0 atom stereocenters. The second-order valence-electron chi connectivity index (χ2n) is 8.68. The van der Waals surface area contributed by atoms with Crippen molar-refractivity contribution in [1.29, 1.82) is 0 Å². The van der Waals surface area contributed by atoms with Gasteiger partial charge in [-0.05, 0) is 10.4 Å². The predicted octanol–water partition coefficient (Wildman–Crippen LogP) is 4.43. The van der Waals surface area contributed by atoms with E-state index in [-0.39, 0.29) is 0 Å². The number of rotatable bonds is 8. The molecule has 0 N–H and O–H groups in total. The average molecular weight is 483 g/mol. The number of nitrogens with zero attached hydrogens (tertiary/aromatic N) is 2. The Bertz CT molecular complexity index is 1240. The molecular formula is C32H31BN2Si. The van der Waals surface area contributed by atoms with Gasteiger partial charge in [0.2, 0.25) is 6.71 Å². The highest BCUT2D eigenvalue weighted by Gasteiger charge is 2.34. The smallest absolute Gasteiger partial charge is 0.233 e. The molecule has 0 aliphatic rings. The van der Waals surface area contributed by atoms with Crippen LogP contribution in [0.5, 0.6) is 0 Å². The van der Waals surface area contributed by atoms with Crippen molar-refractivity contribution >= 4 is 36.1 Å². The summed E-state index contributed by atoms with van der Waals surface area (Å²) in [6, 6.07) is 42.3. The van der Waals surface area contributed by atoms with Crippen molar-refractivity contribution in [3.63, 3.8) is 0 Å². The van der Waals surface area contributed by atoms with Gasteiger partial charge in [0, 0.05) is 18.6 Å². The lowest BCUT2D eigenvalue weighted by atomic mass is 9.41. The van der Waals surface area contributed by atoms with Gasteiger partial charge in [0.25, 0.3) is 0 Å². The van der Waals surface area contributed by atoms with Crippen LogP contribution in [0.25, 0.3) is 0 Å². The van der Waals surface area contributed by atoms with Gasteiger partial charge in [-0.3, -0.25) is 0 Å². The van der Waals surface area contributed by atoms with Crippen LogP contribution in [0.2, 0.25) is 0 Å². The van der Waals surface area contributed by atoms with Crippen LogP contribution in [0.1, 0.15) is 0 Å². The minimum atomic E-state index is -2.04. The predicted molar refractivity (Wildman–Crippen MR) is 158 cm³/mol. The van der Waals surface area contributed by atoms with Crippen LogP contribution in [0, 0.1) is 0 Å². The molecule has 0 fully saturated rings. The summed E-state index contributed by atoms with van der Waals surface area (Å²) in [5, 5.41) is 2.75. The van der Waals surface area contributed by atoms with E-state index in [0.29, 0.717) is 6.71 Å². The highest BCUT2D eigenvalue weighted by atomic mass is 28.3. The van der Waals surface area contributed by atoms with Crippen molar-refractivity contribution in [2.24, 2.45) is 0 Å². The molecule has 5 aromatic rings. The number of hydrogen-bond acceptors (Lipinski definition) is 1. The van der Waals surface area contributed by atoms with E-state index in [4.69, 9.17) is 0 Å². The zero-order valence-electron chi connectivity index (χ0n) is 20.5. The molecule has 36 heavy (non-hydrogen) atoms. The zero-order chi connectivity index (χ0) is 25.1. The van der Waals surface area contributed by atoms with E-state index in [1.807, 2.05) is 36.8 Å². The standard InChI is InChI=1S/C18H18N2Si.C14H13B/c1-2-21(16-20-14-13-19-15-20,17-9-5-3-6-10-17)18-11-7-4-8-12-18;1-2-15(13-9-5-3-6-10-13)14-11-7-4-8-12-14/h2-15H,1,16H2;2-12H,1H2. The first kappa shape index (κ1) is 25.0. The van der Waals surface area contributed by atoms with Crippen molar-refractivity contribution in [3.8, 4) is 0 Å². The van der Waals surface area contributed by atoms with E-state index in [2.05, 4.69) is 138 Å². The average Bonchev–Trinajstić information content (AvgIpc) is 3.48. The maximum absolute atomic E-state index is 4.19. The Morgan fingerprint density at radius 1 is 0.667 bits per heavy atom. The molecule has 0 amide bonds. The third-order valence-electron chi connectivity index (χ3n) is 6.47. The Hall–Kier alpha value is -4.15. The van der Waals surface area contributed by atoms with Crippen LogP contribution < -0.4 is 21.3 Å². The fraction of sp³-hybridized carbons (Fsp3) is 0.0312. The first-order chi connectivity index (χ1) is 17.8. The maximum Gasteiger partial charge on any atom is 0.233 e. The van der Waals surface area contributed by atoms with Crippen molar-refractivity contribution in [2.75, 3.05) is 0 Å². The van der Waals surface area contributed by atoms with Gasteiger partial charge in [-0.2, -0.15) is 0 Å². The maximum atomic E-state index is 4.19. The van der Waals surface area contributed by atoms with Crippen molar-refractivity contribution < 1.29 is 0 Å². The first-order valence-corrected chi connectivity index (χ1v) is 14.5. The minimum absolute atomic E-state index is 0.299. The topological polar surface area (TPSA) is 17.8 Å². The van der Waals surface area contributed by atoms with E-state index >= 15 is 0 Å². The lowest BCUT2D eigenvalue weighted by Crippen LogP contribution is -2.60. The minimum Gasteiger partial charge on any atom is -0.339 e. The van der Waals surface area contributed by atoms with Gasteiger partial charge in [0.15, 0.2) is 8.07 Å². The highest BCUT2D eigenvalue weighted by molar-refractivity contribution is 7.05. The van der Waals surface area contributed by atoms with Crippen LogP contribution in [-0.4, -0.2) is 24.3 Å². The van der Waals surface area contributed by atoms with Gasteiger partial charge in [-0.25, -0.2) is 4.98 Å². The number of aromatic nitrogens is 2. The van der Waals surface area contributed by atoms with Gasteiger partial charge >= 0.3 is 0 Å². The van der Waals surface area contributed by atoms with Crippen molar-refractivity contribution in [2.45, 2.75) is 6.17 Å². The van der Waals surface area contributed by atoms with Crippen LogP contribution in [0.3, 0.4) is 0 Å². The Morgan fingerprint density at radius 2 is 1.11 bits per heavy atom. The summed E-state index contributed by atoms with van der Waals surface area (Å²) in [6.45, 7) is 8.41. The normalized spacial score (nSPS) is 10.6. The van der Waals surface area contributed by atoms with Gasteiger partial charge < -0.3 is 4.57 Å². The largest absolute Gasteiger partial charge is 0.339 e. The second-order valence-corrected chi connectivity index (χ2v) is 12.5. The summed E-state index contributed by atoms with van der Waals surface area (Å²) in [4.78, 5) is 4.18. The fourth-order valence-corrected chi connectivity index (χ4v) is 8.21. The van der Waals surface area contributed by atoms with E-state index in [0.717, 1.165) is 6.17 Å². The molecule has 176 valence electrons. The molecule has 0 saturated heterocycles. The lowest BCUT2D eigenvalue weighted by Gasteiger charge is -2.30. The molecule has 0 bridgehead atoms. The summed E-state index contributed by atoms with van der Waals surface area (Å²) in [7, 11) is -2.04. The van der Waals surface area contributed by atoms with E-state index in [1.165, 1.54) is 21.3 Å². The molecule has 0 unspecified atom stereocenters. The Balaban J connectivity index is 0.000000179. The molecule has 1 heterocycles. The Kier molecular flexibility index (Phi) is 8.68. The summed E-state index contributed by atoms with van der Waals surface area (Å²) >= 11 is 0. The number of hydrogen-bond donors (Lipinski definition) is 0. The summed E-state index contributed by atoms with van der Waals surface area (Å²) < 4.78 is 2.16. The quantitative estimate of drug-likeness (QED) is 0.299.